The summed E-state index contributed by atoms with van der Waals surface area (Å²) in [6.07, 6.45) is 0. The van der Waals surface area contributed by atoms with Crippen LogP contribution >= 0.6 is 12.6 Å². The van der Waals surface area contributed by atoms with E-state index in [1.54, 1.807) is 0 Å². The Morgan fingerprint density at radius 3 is 2.56 bits per heavy atom. The molecular formula is C6H9NOS. The first kappa shape index (κ1) is 6.68. The molecule has 0 aliphatic heterocycles. The van der Waals surface area contributed by atoms with Crippen LogP contribution in [-0.2, 0) is 0 Å². The Bertz CT molecular complexity index is 195. The van der Waals surface area contributed by atoms with Crippen LogP contribution in [0.3, 0.4) is 0 Å². The summed E-state index contributed by atoms with van der Waals surface area (Å²) in [5.41, 5.74) is 0. The van der Waals surface area contributed by atoms with Crippen molar-refractivity contribution in [3.8, 4) is 0 Å². The SMILES string of the molecule is CC(C)c1cc(S)no1. The zero-order valence-corrected chi connectivity index (χ0v) is 6.35. The summed E-state index contributed by atoms with van der Waals surface area (Å²) < 4.78 is 4.90. The van der Waals surface area contributed by atoms with E-state index in [1.807, 2.05) is 19.9 Å². The molecule has 9 heavy (non-hydrogen) atoms. The monoisotopic (exact) mass is 143 g/mol. The van der Waals surface area contributed by atoms with Crippen molar-refractivity contribution in [3.63, 3.8) is 0 Å². The molecule has 0 N–H and O–H groups in total. The molecule has 0 amide bonds. The summed E-state index contributed by atoms with van der Waals surface area (Å²) in [5, 5.41) is 4.28. The summed E-state index contributed by atoms with van der Waals surface area (Å²) >= 11 is 3.99. The molecule has 1 rings (SSSR count). The summed E-state index contributed by atoms with van der Waals surface area (Å²) in [7, 11) is 0. The number of aromatic nitrogens is 1. The van der Waals surface area contributed by atoms with E-state index in [-0.39, 0.29) is 0 Å². The normalized spacial score (nSPS) is 10.7. The Labute approximate surface area is 59.6 Å². The quantitative estimate of drug-likeness (QED) is 0.609. The number of hydrogen-bond acceptors (Lipinski definition) is 3. The van der Waals surface area contributed by atoms with Gasteiger partial charge in [0.15, 0.2) is 0 Å². The highest BCUT2D eigenvalue weighted by atomic mass is 32.1. The highest BCUT2D eigenvalue weighted by Gasteiger charge is 2.03. The van der Waals surface area contributed by atoms with Crippen molar-refractivity contribution in [3.05, 3.63) is 11.8 Å². The zero-order valence-electron chi connectivity index (χ0n) is 5.46. The first-order valence-electron chi connectivity index (χ1n) is 2.85. The van der Waals surface area contributed by atoms with Crippen molar-refractivity contribution in [2.24, 2.45) is 0 Å². The molecule has 0 aromatic carbocycles. The van der Waals surface area contributed by atoms with E-state index >= 15 is 0 Å². The van der Waals surface area contributed by atoms with E-state index in [1.165, 1.54) is 0 Å². The van der Waals surface area contributed by atoms with Crippen LogP contribution in [0.15, 0.2) is 15.6 Å². The van der Waals surface area contributed by atoms with Crippen LogP contribution in [-0.4, -0.2) is 5.16 Å². The van der Waals surface area contributed by atoms with Gasteiger partial charge >= 0.3 is 0 Å². The summed E-state index contributed by atoms with van der Waals surface area (Å²) in [4.78, 5) is 0. The lowest BCUT2D eigenvalue weighted by Crippen LogP contribution is -1.79. The van der Waals surface area contributed by atoms with Crippen LogP contribution < -0.4 is 0 Å². The van der Waals surface area contributed by atoms with Crippen molar-refractivity contribution >= 4 is 12.6 Å². The molecule has 0 aliphatic carbocycles. The van der Waals surface area contributed by atoms with E-state index in [4.69, 9.17) is 4.52 Å². The molecule has 1 heterocycles. The van der Waals surface area contributed by atoms with Gasteiger partial charge in [0.25, 0.3) is 0 Å². The van der Waals surface area contributed by atoms with Gasteiger partial charge in [-0.1, -0.05) is 19.0 Å². The third kappa shape index (κ3) is 1.48. The molecule has 0 atom stereocenters. The third-order valence-electron chi connectivity index (χ3n) is 1.08. The summed E-state index contributed by atoms with van der Waals surface area (Å²) in [5.74, 6) is 1.29. The summed E-state index contributed by atoms with van der Waals surface area (Å²) in [6.45, 7) is 4.10. The number of nitrogens with zero attached hydrogens (tertiary/aromatic N) is 1. The second-order valence-corrected chi connectivity index (χ2v) is 2.70. The predicted octanol–water partition coefficient (Wildman–Crippen LogP) is 2.09. The van der Waals surface area contributed by atoms with Gasteiger partial charge in [-0.2, -0.15) is 0 Å². The standard InChI is InChI=1S/C6H9NOS/c1-4(2)5-3-6(9)7-8-5/h3-4H,1-2H3,(H,7,9). The topological polar surface area (TPSA) is 26.0 Å². The van der Waals surface area contributed by atoms with Gasteiger partial charge in [0.05, 0.1) is 0 Å². The van der Waals surface area contributed by atoms with Crippen LogP contribution in [0.4, 0.5) is 0 Å². The van der Waals surface area contributed by atoms with E-state index in [0.29, 0.717) is 10.9 Å². The van der Waals surface area contributed by atoms with Crippen molar-refractivity contribution in [2.75, 3.05) is 0 Å². The maximum Gasteiger partial charge on any atom is 0.140 e. The molecule has 0 unspecified atom stereocenters. The minimum Gasteiger partial charge on any atom is -0.360 e. The number of hydrogen-bond donors (Lipinski definition) is 1. The Kier molecular flexibility index (Phi) is 1.81. The van der Waals surface area contributed by atoms with E-state index in [9.17, 15) is 0 Å². The molecule has 0 fully saturated rings. The predicted molar refractivity (Wildman–Crippen MR) is 37.8 cm³/mol. The van der Waals surface area contributed by atoms with Gasteiger partial charge in [0.2, 0.25) is 0 Å². The van der Waals surface area contributed by atoms with Gasteiger partial charge in [-0.3, -0.25) is 0 Å². The van der Waals surface area contributed by atoms with Crippen molar-refractivity contribution < 1.29 is 4.52 Å². The Morgan fingerprint density at radius 2 is 2.33 bits per heavy atom. The summed E-state index contributed by atoms with van der Waals surface area (Å²) in [6, 6.07) is 1.83. The molecule has 0 radical (unpaired) electrons. The van der Waals surface area contributed by atoms with Gasteiger partial charge in [0, 0.05) is 12.0 Å². The molecule has 50 valence electrons. The van der Waals surface area contributed by atoms with E-state index in [2.05, 4.69) is 17.8 Å². The van der Waals surface area contributed by atoms with Crippen LogP contribution in [0.25, 0.3) is 0 Å². The second kappa shape index (κ2) is 2.43. The lowest BCUT2D eigenvalue weighted by atomic mass is 10.2. The lowest BCUT2D eigenvalue weighted by Gasteiger charge is -1.92. The van der Waals surface area contributed by atoms with E-state index in [0.717, 1.165) is 5.76 Å². The van der Waals surface area contributed by atoms with Gasteiger partial charge < -0.3 is 4.52 Å². The fraction of sp³-hybridized carbons (Fsp3) is 0.500. The van der Waals surface area contributed by atoms with Gasteiger partial charge in [-0.25, -0.2) is 0 Å². The van der Waals surface area contributed by atoms with Gasteiger partial charge in [-0.15, -0.1) is 12.6 Å². The first-order valence-corrected chi connectivity index (χ1v) is 3.30. The van der Waals surface area contributed by atoms with Crippen LogP contribution in [0.2, 0.25) is 0 Å². The molecule has 3 heteroatoms. The fourth-order valence-electron chi connectivity index (χ4n) is 0.551. The molecule has 2 nitrogen and oxygen atoms in total. The molecule has 1 aromatic rings. The van der Waals surface area contributed by atoms with Crippen LogP contribution in [0.1, 0.15) is 25.5 Å². The molecule has 1 aromatic heterocycles. The smallest absolute Gasteiger partial charge is 0.140 e. The minimum absolute atomic E-state index is 0.401. The van der Waals surface area contributed by atoms with Gasteiger partial charge in [0.1, 0.15) is 10.8 Å². The van der Waals surface area contributed by atoms with E-state index < -0.39 is 0 Å². The minimum atomic E-state index is 0.401. The fourth-order valence-corrected chi connectivity index (χ4v) is 0.720. The van der Waals surface area contributed by atoms with Crippen LogP contribution in [0.5, 0.6) is 0 Å². The highest BCUT2D eigenvalue weighted by Crippen LogP contribution is 2.16. The van der Waals surface area contributed by atoms with Crippen molar-refractivity contribution in [1.29, 1.82) is 0 Å². The third-order valence-corrected chi connectivity index (χ3v) is 1.30. The average molecular weight is 143 g/mol. The maximum absolute atomic E-state index is 4.90. The molecular weight excluding hydrogens is 134 g/mol. The average Bonchev–Trinajstić information content (AvgIpc) is 2.14. The van der Waals surface area contributed by atoms with Crippen molar-refractivity contribution in [2.45, 2.75) is 24.8 Å². The maximum atomic E-state index is 4.90. The molecule has 0 aliphatic rings. The molecule has 0 spiro atoms. The van der Waals surface area contributed by atoms with Gasteiger partial charge in [-0.05, 0) is 0 Å². The second-order valence-electron chi connectivity index (χ2n) is 2.24. The Balaban J connectivity index is 2.85. The first-order chi connectivity index (χ1) is 4.20. The van der Waals surface area contributed by atoms with Crippen LogP contribution in [0, 0.1) is 0 Å². The molecule has 0 bridgehead atoms. The Morgan fingerprint density at radius 1 is 1.67 bits per heavy atom. The molecule has 0 saturated carbocycles. The highest BCUT2D eigenvalue weighted by molar-refractivity contribution is 7.80. The molecule has 0 saturated heterocycles. The Hall–Kier alpha value is -0.440. The largest absolute Gasteiger partial charge is 0.360 e. The lowest BCUT2D eigenvalue weighted by molar-refractivity contribution is 0.360. The van der Waals surface area contributed by atoms with Crippen molar-refractivity contribution in [1.82, 2.24) is 5.16 Å². The zero-order chi connectivity index (χ0) is 6.85. The number of thiol groups is 1. The number of rotatable bonds is 1.